The second-order valence-corrected chi connectivity index (χ2v) is 4.95. The lowest BCUT2D eigenvalue weighted by Crippen LogP contribution is -2.15. The number of nitro benzene ring substituents is 1. The van der Waals surface area contributed by atoms with Gasteiger partial charge in [-0.25, -0.2) is 4.79 Å². The first-order valence-corrected chi connectivity index (χ1v) is 6.36. The molecule has 0 bridgehead atoms. The predicted octanol–water partition coefficient (Wildman–Crippen LogP) is 1.39. The van der Waals surface area contributed by atoms with Gasteiger partial charge in [-0.05, 0) is 0 Å². The first-order chi connectivity index (χ1) is 8.86. The summed E-state index contributed by atoms with van der Waals surface area (Å²) in [5, 5.41) is 37.4. The SMILES string of the molecule is O=C(O)c1cc([N+](=O)[O-])cc(Cl)c1SCC(O)CO. The number of non-ortho nitro benzene ring substituents is 1. The summed E-state index contributed by atoms with van der Waals surface area (Å²) >= 11 is 6.73. The number of benzene rings is 1. The van der Waals surface area contributed by atoms with Crippen LogP contribution in [0, 0.1) is 10.1 Å². The minimum atomic E-state index is -1.36. The van der Waals surface area contributed by atoms with E-state index >= 15 is 0 Å². The van der Waals surface area contributed by atoms with E-state index in [0.717, 1.165) is 23.9 Å². The normalized spacial score (nSPS) is 12.2. The van der Waals surface area contributed by atoms with Gasteiger partial charge in [0.1, 0.15) is 0 Å². The van der Waals surface area contributed by atoms with Crippen LogP contribution < -0.4 is 0 Å². The molecule has 1 unspecified atom stereocenters. The van der Waals surface area contributed by atoms with E-state index in [2.05, 4.69) is 0 Å². The van der Waals surface area contributed by atoms with Crippen molar-refractivity contribution in [1.29, 1.82) is 0 Å². The molecule has 1 aromatic carbocycles. The maximum atomic E-state index is 11.1. The van der Waals surface area contributed by atoms with Crippen LogP contribution in [0.25, 0.3) is 0 Å². The summed E-state index contributed by atoms with van der Waals surface area (Å²) in [6.07, 6.45) is -1.03. The molecule has 1 aromatic rings. The van der Waals surface area contributed by atoms with Crippen LogP contribution >= 0.6 is 23.4 Å². The van der Waals surface area contributed by atoms with E-state index in [1.165, 1.54) is 0 Å². The van der Waals surface area contributed by atoms with E-state index < -0.39 is 29.3 Å². The fraction of sp³-hybridized carbons (Fsp3) is 0.300. The molecule has 0 radical (unpaired) electrons. The molecule has 0 saturated carbocycles. The smallest absolute Gasteiger partial charge is 0.337 e. The van der Waals surface area contributed by atoms with Gasteiger partial charge in [0.05, 0.1) is 28.2 Å². The van der Waals surface area contributed by atoms with Crippen molar-refractivity contribution in [3.63, 3.8) is 0 Å². The van der Waals surface area contributed by atoms with Crippen LogP contribution in [0.15, 0.2) is 17.0 Å². The second kappa shape index (κ2) is 6.71. The zero-order valence-electron chi connectivity index (χ0n) is 9.45. The minimum absolute atomic E-state index is 0.0221. The molecule has 0 spiro atoms. The van der Waals surface area contributed by atoms with Crippen LogP contribution in [0.1, 0.15) is 10.4 Å². The van der Waals surface area contributed by atoms with Gasteiger partial charge < -0.3 is 15.3 Å². The first kappa shape index (κ1) is 15.7. The van der Waals surface area contributed by atoms with Crippen LogP contribution in [0.4, 0.5) is 5.69 Å². The molecular weight excluding hydrogens is 298 g/mol. The lowest BCUT2D eigenvalue weighted by molar-refractivity contribution is -0.384. The van der Waals surface area contributed by atoms with E-state index in [-0.39, 0.29) is 21.2 Å². The number of halogens is 1. The Morgan fingerprint density at radius 2 is 2.16 bits per heavy atom. The highest BCUT2D eigenvalue weighted by molar-refractivity contribution is 7.99. The third-order valence-electron chi connectivity index (χ3n) is 2.10. The van der Waals surface area contributed by atoms with Crippen LogP contribution in [0.3, 0.4) is 0 Å². The van der Waals surface area contributed by atoms with Crippen molar-refractivity contribution in [2.75, 3.05) is 12.4 Å². The van der Waals surface area contributed by atoms with Crippen LogP contribution in [-0.2, 0) is 0 Å². The molecular formula is C10H10ClNO6S. The first-order valence-electron chi connectivity index (χ1n) is 4.99. The Morgan fingerprint density at radius 3 is 2.63 bits per heavy atom. The van der Waals surface area contributed by atoms with Crippen molar-refractivity contribution in [3.05, 3.63) is 32.8 Å². The van der Waals surface area contributed by atoms with E-state index in [4.69, 9.17) is 21.8 Å². The fourth-order valence-corrected chi connectivity index (χ4v) is 2.56. The van der Waals surface area contributed by atoms with Gasteiger partial charge >= 0.3 is 5.97 Å². The molecule has 0 saturated heterocycles. The number of carbonyl (C=O) groups is 1. The fourth-order valence-electron chi connectivity index (χ4n) is 1.22. The van der Waals surface area contributed by atoms with Crippen LogP contribution in [-0.4, -0.2) is 44.7 Å². The lowest BCUT2D eigenvalue weighted by atomic mass is 10.2. The topological polar surface area (TPSA) is 121 Å². The number of rotatable bonds is 6. The molecule has 0 aliphatic rings. The number of nitro groups is 1. The average molecular weight is 308 g/mol. The van der Waals surface area contributed by atoms with Gasteiger partial charge in [-0.1, -0.05) is 11.6 Å². The van der Waals surface area contributed by atoms with Crippen molar-refractivity contribution in [3.8, 4) is 0 Å². The lowest BCUT2D eigenvalue weighted by Gasteiger charge is -2.10. The number of aliphatic hydroxyl groups excluding tert-OH is 2. The second-order valence-electron chi connectivity index (χ2n) is 3.51. The van der Waals surface area contributed by atoms with Crippen molar-refractivity contribution in [1.82, 2.24) is 0 Å². The third-order valence-corrected chi connectivity index (χ3v) is 3.79. The van der Waals surface area contributed by atoms with Crippen molar-refractivity contribution < 1.29 is 25.0 Å². The standard InChI is InChI=1S/C10H10ClNO6S/c11-8-2-5(12(17)18)1-7(10(15)16)9(8)19-4-6(14)3-13/h1-2,6,13-14H,3-4H2,(H,15,16). The van der Waals surface area contributed by atoms with Gasteiger partial charge in [0.15, 0.2) is 0 Å². The number of hydrogen-bond acceptors (Lipinski definition) is 6. The molecule has 1 atom stereocenters. The molecule has 0 aromatic heterocycles. The van der Waals surface area contributed by atoms with E-state index in [1.54, 1.807) is 0 Å². The summed E-state index contributed by atoms with van der Waals surface area (Å²) in [5.41, 5.74) is -0.733. The number of aromatic carboxylic acids is 1. The van der Waals surface area contributed by atoms with E-state index in [9.17, 15) is 20.0 Å². The molecule has 3 N–H and O–H groups in total. The van der Waals surface area contributed by atoms with Crippen LogP contribution in [0.2, 0.25) is 5.02 Å². The summed E-state index contributed by atoms with van der Waals surface area (Å²) in [6.45, 7) is -0.472. The Labute approximate surface area is 117 Å². The number of hydrogen-bond donors (Lipinski definition) is 3. The third kappa shape index (κ3) is 4.06. The van der Waals surface area contributed by atoms with E-state index in [0.29, 0.717) is 0 Å². The highest BCUT2D eigenvalue weighted by atomic mass is 35.5. The zero-order valence-corrected chi connectivity index (χ0v) is 11.0. The average Bonchev–Trinajstić information content (AvgIpc) is 2.35. The Morgan fingerprint density at radius 1 is 1.53 bits per heavy atom. The number of nitrogens with zero attached hydrogens (tertiary/aromatic N) is 1. The molecule has 1 rings (SSSR count). The molecule has 0 fully saturated rings. The van der Waals surface area contributed by atoms with Crippen LogP contribution in [0.5, 0.6) is 0 Å². The Kier molecular flexibility index (Phi) is 5.55. The summed E-state index contributed by atoms with van der Waals surface area (Å²) in [6, 6.07) is 1.95. The zero-order chi connectivity index (χ0) is 14.6. The Hall–Kier alpha value is -1.35. The molecule has 0 aliphatic carbocycles. The van der Waals surface area contributed by atoms with Gasteiger partial charge in [0, 0.05) is 22.8 Å². The Bertz CT molecular complexity index is 509. The number of aliphatic hydroxyl groups is 2. The molecule has 0 heterocycles. The quantitative estimate of drug-likeness (QED) is 0.412. The molecule has 104 valence electrons. The van der Waals surface area contributed by atoms with Crippen molar-refractivity contribution >= 4 is 35.0 Å². The summed E-state index contributed by atoms with van der Waals surface area (Å²) in [7, 11) is 0. The summed E-state index contributed by atoms with van der Waals surface area (Å²) in [5.74, 6) is -1.33. The van der Waals surface area contributed by atoms with E-state index in [1.807, 2.05) is 0 Å². The number of carboxylic acid groups (broad SMARTS) is 1. The van der Waals surface area contributed by atoms with Gasteiger partial charge in [0.2, 0.25) is 0 Å². The van der Waals surface area contributed by atoms with Crippen molar-refractivity contribution in [2.24, 2.45) is 0 Å². The van der Waals surface area contributed by atoms with Gasteiger partial charge in [-0.2, -0.15) is 0 Å². The highest BCUT2D eigenvalue weighted by Gasteiger charge is 2.21. The maximum absolute atomic E-state index is 11.1. The minimum Gasteiger partial charge on any atom is -0.478 e. The maximum Gasteiger partial charge on any atom is 0.337 e. The largest absolute Gasteiger partial charge is 0.478 e. The molecule has 19 heavy (non-hydrogen) atoms. The molecule has 7 nitrogen and oxygen atoms in total. The number of carboxylic acids is 1. The molecule has 0 amide bonds. The van der Waals surface area contributed by atoms with Crippen molar-refractivity contribution in [2.45, 2.75) is 11.0 Å². The predicted molar refractivity (Wildman–Crippen MR) is 68.9 cm³/mol. The molecule has 0 aliphatic heterocycles. The highest BCUT2D eigenvalue weighted by Crippen LogP contribution is 2.34. The summed E-state index contributed by atoms with van der Waals surface area (Å²) < 4.78 is 0. The van der Waals surface area contributed by atoms with Gasteiger partial charge in [-0.15, -0.1) is 11.8 Å². The Balaban J connectivity index is 3.15. The van der Waals surface area contributed by atoms with Gasteiger partial charge in [-0.3, -0.25) is 10.1 Å². The monoisotopic (exact) mass is 307 g/mol. The summed E-state index contributed by atoms with van der Waals surface area (Å²) in [4.78, 5) is 21.1. The number of thioether (sulfide) groups is 1. The molecule has 9 heteroatoms. The van der Waals surface area contributed by atoms with Gasteiger partial charge in [0.25, 0.3) is 5.69 Å².